The van der Waals surface area contributed by atoms with Crippen LogP contribution in [0.3, 0.4) is 0 Å². The van der Waals surface area contributed by atoms with E-state index in [9.17, 15) is 0 Å². The minimum Gasteiger partial charge on any atom is -0.458 e. The second-order valence-corrected chi connectivity index (χ2v) is 5.14. The highest BCUT2D eigenvalue weighted by Crippen LogP contribution is 2.31. The van der Waals surface area contributed by atoms with E-state index in [1.54, 1.807) is 0 Å². The van der Waals surface area contributed by atoms with E-state index in [-0.39, 0.29) is 6.04 Å². The van der Waals surface area contributed by atoms with E-state index in [4.69, 9.17) is 4.42 Å². The zero-order valence-corrected chi connectivity index (χ0v) is 12.2. The first kappa shape index (κ1) is 13.4. The maximum absolute atomic E-state index is 5.97. The van der Waals surface area contributed by atoms with Crippen molar-refractivity contribution in [2.45, 2.75) is 25.8 Å². The van der Waals surface area contributed by atoms with Crippen molar-refractivity contribution >= 4 is 26.9 Å². The molecule has 1 atom stereocenters. The molecular weight excluding hydrogens is 290 g/mol. The summed E-state index contributed by atoms with van der Waals surface area (Å²) in [5.41, 5.74) is 0.925. The Hall–Kier alpha value is -1.06. The maximum atomic E-state index is 5.97. The summed E-state index contributed by atoms with van der Waals surface area (Å²) in [5.74, 6) is 1.00. The van der Waals surface area contributed by atoms with Crippen molar-refractivity contribution in [3.63, 3.8) is 0 Å². The highest BCUT2D eigenvalue weighted by molar-refractivity contribution is 9.10. The fourth-order valence-electron chi connectivity index (χ4n) is 2.09. The molecule has 0 saturated heterocycles. The largest absolute Gasteiger partial charge is 0.458 e. The molecule has 0 aliphatic rings. The van der Waals surface area contributed by atoms with E-state index in [0.29, 0.717) is 0 Å². The van der Waals surface area contributed by atoms with Crippen LogP contribution in [-0.4, -0.2) is 6.54 Å². The summed E-state index contributed by atoms with van der Waals surface area (Å²) in [6.45, 7) is 6.82. The van der Waals surface area contributed by atoms with E-state index in [1.165, 1.54) is 0 Å². The molecule has 0 fully saturated rings. The Bertz CT molecular complexity index is 532. The Morgan fingerprint density at radius 3 is 3.00 bits per heavy atom. The van der Waals surface area contributed by atoms with Crippen LogP contribution in [0.25, 0.3) is 11.0 Å². The summed E-state index contributed by atoms with van der Waals surface area (Å²) in [5, 5.41) is 4.60. The molecule has 18 heavy (non-hydrogen) atoms. The van der Waals surface area contributed by atoms with Gasteiger partial charge in [0, 0.05) is 5.39 Å². The van der Waals surface area contributed by atoms with E-state index in [1.807, 2.05) is 18.2 Å². The SMILES string of the molecule is C=CCCC(NCC)c1cc2cccc(Br)c2o1. The number of nitrogens with one attached hydrogen (secondary N) is 1. The average molecular weight is 308 g/mol. The molecule has 0 amide bonds. The summed E-state index contributed by atoms with van der Waals surface area (Å²) in [6.07, 6.45) is 3.94. The molecule has 3 heteroatoms. The molecular formula is C15H18BrNO. The molecule has 1 aromatic carbocycles. The molecule has 2 rings (SSSR count). The number of allylic oxidation sites excluding steroid dienone is 1. The van der Waals surface area contributed by atoms with Crippen LogP contribution in [0.15, 0.2) is 45.8 Å². The second kappa shape index (κ2) is 6.21. The molecule has 0 saturated carbocycles. The summed E-state index contributed by atoms with van der Waals surface area (Å²) >= 11 is 3.52. The van der Waals surface area contributed by atoms with Gasteiger partial charge in [0.1, 0.15) is 11.3 Å². The zero-order chi connectivity index (χ0) is 13.0. The van der Waals surface area contributed by atoms with Crippen LogP contribution in [-0.2, 0) is 0 Å². The first-order chi connectivity index (χ1) is 8.76. The standard InChI is InChI=1S/C15H18BrNO/c1-3-5-9-13(17-4-2)14-10-11-7-6-8-12(16)15(11)18-14/h3,6-8,10,13,17H,1,4-5,9H2,2H3. The van der Waals surface area contributed by atoms with Crippen LogP contribution in [0.5, 0.6) is 0 Å². The van der Waals surface area contributed by atoms with Crippen LogP contribution in [0.2, 0.25) is 0 Å². The highest BCUT2D eigenvalue weighted by atomic mass is 79.9. The summed E-state index contributed by atoms with van der Waals surface area (Å²) in [4.78, 5) is 0. The molecule has 1 unspecified atom stereocenters. The van der Waals surface area contributed by atoms with E-state index in [0.717, 1.165) is 40.6 Å². The predicted molar refractivity (Wildman–Crippen MR) is 79.8 cm³/mol. The van der Waals surface area contributed by atoms with E-state index in [2.05, 4.69) is 46.9 Å². The lowest BCUT2D eigenvalue weighted by Crippen LogP contribution is -2.20. The van der Waals surface area contributed by atoms with Crippen LogP contribution >= 0.6 is 15.9 Å². The Balaban J connectivity index is 2.31. The van der Waals surface area contributed by atoms with Crippen molar-refractivity contribution in [3.05, 3.63) is 47.2 Å². The van der Waals surface area contributed by atoms with Gasteiger partial charge in [0.25, 0.3) is 0 Å². The molecule has 0 aliphatic carbocycles. The Labute approximate surface area is 116 Å². The monoisotopic (exact) mass is 307 g/mol. The molecule has 0 spiro atoms. The summed E-state index contributed by atoms with van der Waals surface area (Å²) < 4.78 is 6.97. The fraction of sp³-hybridized carbons (Fsp3) is 0.333. The van der Waals surface area contributed by atoms with Gasteiger partial charge >= 0.3 is 0 Å². The van der Waals surface area contributed by atoms with Crippen molar-refractivity contribution in [2.24, 2.45) is 0 Å². The molecule has 0 aliphatic heterocycles. The topological polar surface area (TPSA) is 25.2 Å². The first-order valence-corrected chi connectivity index (χ1v) is 7.07. The maximum Gasteiger partial charge on any atom is 0.148 e. The van der Waals surface area contributed by atoms with Crippen LogP contribution < -0.4 is 5.32 Å². The van der Waals surface area contributed by atoms with Crippen molar-refractivity contribution in [2.75, 3.05) is 6.54 Å². The number of hydrogen-bond donors (Lipinski definition) is 1. The molecule has 1 aromatic heterocycles. The van der Waals surface area contributed by atoms with Crippen molar-refractivity contribution in [3.8, 4) is 0 Å². The van der Waals surface area contributed by atoms with Gasteiger partial charge in [0.15, 0.2) is 0 Å². The number of fused-ring (bicyclic) bond motifs is 1. The predicted octanol–water partition coefficient (Wildman–Crippen LogP) is 4.81. The minimum absolute atomic E-state index is 0.257. The first-order valence-electron chi connectivity index (χ1n) is 6.28. The highest BCUT2D eigenvalue weighted by Gasteiger charge is 2.15. The van der Waals surface area contributed by atoms with Gasteiger partial charge in [-0.15, -0.1) is 6.58 Å². The third kappa shape index (κ3) is 2.85. The van der Waals surface area contributed by atoms with Crippen LogP contribution in [0.4, 0.5) is 0 Å². The smallest absolute Gasteiger partial charge is 0.148 e. The van der Waals surface area contributed by atoms with Gasteiger partial charge in [-0.2, -0.15) is 0 Å². The third-order valence-corrected chi connectivity index (χ3v) is 3.59. The number of rotatable bonds is 6. The van der Waals surface area contributed by atoms with Crippen LogP contribution in [0, 0.1) is 0 Å². The van der Waals surface area contributed by atoms with Crippen molar-refractivity contribution in [1.29, 1.82) is 0 Å². The van der Waals surface area contributed by atoms with Gasteiger partial charge in [-0.25, -0.2) is 0 Å². The summed E-state index contributed by atoms with van der Waals surface area (Å²) in [6, 6.07) is 8.48. The van der Waals surface area contributed by atoms with Crippen molar-refractivity contribution < 1.29 is 4.42 Å². The number of furan rings is 1. The molecule has 1 heterocycles. The Morgan fingerprint density at radius 2 is 2.33 bits per heavy atom. The van der Waals surface area contributed by atoms with Crippen molar-refractivity contribution in [1.82, 2.24) is 5.32 Å². The molecule has 0 radical (unpaired) electrons. The quantitative estimate of drug-likeness (QED) is 0.775. The molecule has 1 N–H and O–H groups in total. The zero-order valence-electron chi connectivity index (χ0n) is 10.6. The lowest BCUT2D eigenvalue weighted by Gasteiger charge is -2.14. The van der Waals surface area contributed by atoms with Gasteiger partial charge < -0.3 is 9.73 Å². The Morgan fingerprint density at radius 1 is 1.50 bits per heavy atom. The molecule has 0 bridgehead atoms. The van der Waals surface area contributed by atoms with E-state index >= 15 is 0 Å². The second-order valence-electron chi connectivity index (χ2n) is 4.28. The normalized spacial score (nSPS) is 12.8. The van der Waals surface area contributed by atoms with Gasteiger partial charge in [-0.3, -0.25) is 0 Å². The number of para-hydroxylation sites is 1. The van der Waals surface area contributed by atoms with Gasteiger partial charge in [-0.05, 0) is 47.4 Å². The van der Waals surface area contributed by atoms with Crippen LogP contribution in [0.1, 0.15) is 31.6 Å². The van der Waals surface area contributed by atoms with Gasteiger partial charge in [-0.1, -0.05) is 25.1 Å². The third-order valence-electron chi connectivity index (χ3n) is 2.97. The average Bonchev–Trinajstić information content (AvgIpc) is 2.80. The number of hydrogen-bond acceptors (Lipinski definition) is 2. The minimum atomic E-state index is 0.257. The molecule has 2 nitrogen and oxygen atoms in total. The number of halogens is 1. The molecule has 96 valence electrons. The molecule has 2 aromatic rings. The van der Waals surface area contributed by atoms with Gasteiger partial charge in [0.2, 0.25) is 0 Å². The number of benzene rings is 1. The summed E-state index contributed by atoms with van der Waals surface area (Å²) in [7, 11) is 0. The van der Waals surface area contributed by atoms with E-state index < -0.39 is 0 Å². The van der Waals surface area contributed by atoms with Gasteiger partial charge in [0.05, 0.1) is 10.5 Å². The lowest BCUT2D eigenvalue weighted by atomic mass is 10.1. The fourth-order valence-corrected chi connectivity index (χ4v) is 2.56. The lowest BCUT2D eigenvalue weighted by molar-refractivity contribution is 0.419. The Kier molecular flexibility index (Phi) is 4.61.